The summed E-state index contributed by atoms with van der Waals surface area (Å²) >= 11 is 9.35. The molecule has 6 heteroatoms. The normalized spacial score (nSPS) is 10.7. The number of nitrogens with zero attached hydrogens (tertiary/aromatic N) is 4. The van der Waals surface area contributed by atoms with E-state index in [0.717, 1.165) is 28.0 Å². The van der Waals surface area contributed by atoms with Gasteiger partial charge in [-0.1, -0.05) is 0 Å². The van der Waals surface area contributed by atoms with Crippen LogP contribution in [0.3, 0.4) is 0 Å². The molecule has 18 heavy (non-hydrogen) atoms. The first-order valence-corrected chi connectivity index (χ1v) is 6.82. The molecule has 0 N–H and O–H groups in total. The molecule has 0 aliphatic rings. The monoisotopic (exact) mass is 328 g/mol. The lowest BCUT2D eigenvalue weighted by Gasteiger charge is -2.20. The maximum atomic E-state index is 5.95. The lowest BCUT2D eigenvalue weighted by molar-refractivity contribution is 0.766. The standard InChI is InChI=1S/C12H14BrClN4/c1-17(7-9-5-16-18(2)8-9)12-10(4-14)3-11(13)6-15-12/h3,5-6,8H,4,7H2,1-2H3. The number of rotatable bonds is 4. The van der Waals surface area contributed by atoms with Crippen LogP contribution in [0.4, 0.5) is 5.82 Å². The van der Waals surface area contributed by atoms with E-state index in [1.165, 1.54) is 0 Å². The zero-order valence-electron chi connectivity index (χ0n) is 10.3. The first kappa shape index (κ1) is 13.4. The average Bonchev–Trinajstić information content (AvgIpc) is 2.74. The van der Waals surface area contributed by atoms with Gasteiger partial charge >= 0.3 is 0 Å². The van der Waals surface area contributed by atoms with Gasteiger partial charge in [0.15, 0.2) is 0 Å². The fraction of sp³-hybridized carbons (Fsp3) is 0.333. The Hall–Kier alpha value is -1.07. The molecular weight excluding hydrogens is 316 g/mol. The summed E-state index contributed by atoms with van der Waals surface area (Å²) in [6, 6.07) is 2.00. The number of pyridine rings is 1. The van der Waals surface area contributed by atoms with Gasteiger partial charge in [0.2, 0.25) is 0 Å². The van der Waals surface area contributed by atoms with Crippen molar-refractivity contribution in [2.75, 3.05) is 11.9 Å². The molecule has 0 saturated carbocycles. The molecule has 2 heterocycles. The molecule has 0 aliphatic heterocycles. The van der Waals surface area contributed by atoms with Crippen molar-refractivity contribution >= 4 is 33.3 Å². The van der Waals surface area contributed by atoms with Crippen LogP contribution < -0.4 is 4.90 Å². The molecule has 4 nitrogen and oxygen atoms in total. The number of aryl methyl sites for hydroxylation is 1. The predicted octanol–water partition coefficient (Wildman–Crippen LogP) is 2.95. The summed E-state index contributed by atoms with van der Waals surface area (Å²) in [5.74, 6) is 1.34. The molecule has 0 atom stereocenters. The Kier molecular flexibility index (Phi) is 4.24. The lowest BCUT2D eigenvalue weighted by atomic mass is 10.2. The first-order chi connectivity index (χ1) is 8.60. The van der Waals surface area contributed by atoms with Crippen molar-refractivity contribution in [2.24, 2.45) is 7.05 Å². The summed E-state index contributed by atoms with van der Waals surface area (Å²) in [5.41, 5.74) is 2.16. The first-order valence-electron chi connectivity index (χ1n) is 5.49. The number of halogens is 2. The van der Waals surface area contributed by atoms with Crippen LogP contribution >= 0.6 is 27.5 Å². The summed E-state index contributed by atoms with van der Waals surface area (Å²) < 4.78 is 2.73. The van der Waals surface area contributed by atoms with Crippen LogP contribution in [0.15, 0.2) is 29.1 Å². The van der Waals surface area contributed by atoms with Crippen LogP contribution in [0.5, 0.6) is 0 Å². The van der Waals surface area contributed by atoms with E-state index < -0.39 is 0 Å². The van der Waals surface area contributed by atoms with E-state index >= 15 is 0 Å². The Morgan fingerprint density at radius 2 is 2.22 bits per heavy atom. The maximum absolute atomic E-state index is 5.95. The van der Waals surface area contributed by atoms with E-state index in [1.807, 2.05) is 32.6 Å². The van der Waals surface area contributed by atoms with Gasteiger partial charge in [0.25, 0.3) is 0 Å². The van der Waals surface area contributed by atoms with Crippen molar-refractivity contribution in [1.82, 2.24) is 14.8 Å². The van der Waals surface area contributed by atoms with Crippen molar-refractivity contribution < 1.29 is 0 Å². The smallest absolute Gasteiger partial charge is 0.133 e. The van der Waals surface area contributed by atoms with E-state index in [1.54, 1.807) is 10.9 Å². The van der Waals surface area contributed by atoms with E-state index in [9.17, 15) is 0 Å². The highest BCUT2D eigenvalue weighted by Gasteiger charge is 2.10. The van der Waals surface area contributed by atoms with Crippen molar-refractivity contribution in [3.05, 3.63) is 40.3 Å². The molecule has 2 aromatic heterocycles. The molecule has 2 aromatic rings. The minimum absolute atomic E-state index is 0.444. The quantitative estimate of drug-likeness (QED) is 0.809. The third-order valence-electron chi connectivity index (χ3n) is 2.59. The Bertz CT molecular complexity index is 541. The predicted molar refractivity (Wildman–Crippen MR) is 76.8 cm³/mol. The molecule has 0 radical (unpaired) electrons. The molecule has 0 bridgehead atoms. The highest BCUT2D eigenvalue weighted by atomic mass is 79.9. The largest absolute Gasteiger partial charge is 0.355 e. The molecule has 2 rings (SSSR count). The van der Waals surface area contributed by atoms with Gasteiger partial charge in [-0.2, -0.15) is 5.10 Å². The fourth-order valence-corrected chi connectivity index (χ4v) is 2.39. The minimum atomic E-state index is 0.444. The minimum Gasteiger partial charge on any atom is -0.355 e. The Balaban J connectivity index is 2.20. The van der Waals surface area contributed by atoms with Crippen LogP contribution in [-0.4, -0.2) is 21.8 Å². The van der Waals surface area contributed by atoms with Crippen molar-refractivity contribution in [3.8, 4) is 0 Å². The van der Waals surface area contributed by atoms with Crippen LogP contribution in [0.1, 0.15) is 11.1 Å². The van der Waals surface area contributed by atoms with Gasteiger partial charge in [-0.3, -0.25) is 4.68 Å². The summed E-state index contributed by atoms with van der Waals surface area (Å²) in [6.07, 6.45) is 5.64. The summed E-state index contributed by atoms with van der Waals surface area (Å²) in [4.78, 5) is 6.49. The zero-order valence-corrected chi connectivity index (χ0v) is 12.6. The highest BCUT2D eigenvalue weighted by Crippen LogP contribution is 2.23. The Labute approximate surface area is 120 Å². The molecule has 0 amide bonds. The second-order valence-electron chi connectivity index (χ2n) is 4.15. The molecular formula is C12H14BrClN4. The van der Waals surface area contributed by atoms with Gasteiger partial charge in [0, 0.05) is 48.6 Å². The van der Waals surface area contributed by atoms with Gasteiger partial charge in [0.1, 0.15) is 5.82 Å². The number of hydrogen-bond donors (Lipinski definition) is 0. The summed E-state index contributed by atoms with van der Waals surface area (Å²) in [7, 11) is 3.91. The third-order valence-corrected chi connectivity index (χ3v) is 3.31. The van der Waals surface area contributed by atoms with Gasteiger partial charge in [-0.25, -0.2) is 4.98 Å². The fourth-order valence-electron chi connectivity index (χ4n) is 1.82. The SMILES string of the molecule is CN(Cc1cnn(C)c1)c1ncc(Br)cc1CCl. The maximum Gasteiger partial charge on any atom is 0.133 e. The van der Waals surface area contributed by atoms with Crippen molar-refractivity contribution in [1.29, 1.82) is 0 Å². The highest BCUT2D eigenvalue weighted by molar-refractivity contribution is 9.10. The number of anilines is 1. The second kappa shape index (κ2) is 5.71. The van der Waals surface area contributed by atoms with E-state index in [-0.39, 0.29) is 0 Å². The van der Waals surface area contributed by atoms with Gasteiger partial charge in [-0.15, -0.1) is 11.6 Å². The van der Waals surface area contributed by atoms with E-state index in [0.29, 0.717) is 5.88 Å². The number of hydrogen-bond acceptors (Lipinski definition) is 3. The van der Waals surface area contributed by atoms with Crippen LogP contribution in [0.2, 0.25) is 0 Å². The molecule has 0 unspecified atom stereocenters. The van der Waals surface area contributed by atoms with Crippen LogP contribution in [0.25, 0.3) is 0 Å². The van der Waals surface area contributed by atoms with Crippen LogP contribution in [-0.2, 0) is 19.5 Å². The van der Waals surface area contributed by atoms with Gasteiger partial charge < -0.3 is 4.90 Å². The lowest BCUT2D eigenvalue weighted by Crippen LogP contribution is -2.19. The van der Waals surface area contributed by atoms with Gasteiger partial charge in [-0.05, 0) is 22.0 Å². The Morgan fingerprint density at radius 1 is 1.44 bits per heavy atom. The van der Waals surface area contributed by atoms with Crippen LogP contribution in [0, 0.1) is 0 Å². The summed E-state index contributed by atoms with van der Waals surface area (Å²) in [6.45, 7) is 0.756. The topological polar surface area (TPSA) is 34.0 Å². The second-order valence-corrected chi connectivity index (χ2v) is 5.33. The zero-order chi connectivity index (χ0) is 13.1. The average molecular weight is 330 g/mol. The third kappa shape index (κ3) is 3.03. The molecule has 0 aromatic carbocycles. The van der Waals surface area contributed by atoms with E-state index in [2.05, 4.69) is 30.9 Å². The molecule has 0 saturated heterocycles. The number of alkyl halides is 1. The molecule has 96 valence electrons. The van der Waals surface area contributed by atoms with Crippen molar-refractivity contribution in [3.63, 3.8) is 0 Å². The summed E-state index contributed by atoms with van der Waals surface area (Å²) in [5, 5.41) is 4.16. The van der Waals surface area contributed by atoms with E-state index in [4.69, 9.17) is 11.6 Å². The number of aromatic nitrogens is 3. The van der Waals surface area contributed by atoms with Gasteiger partial charge in [0.05, 0.1) is 12.1 Å². The van der Waals surface area contributed by atoms with Crippen molar-refractivity contribution in [2.45, 2.75) is 12.4 Å². The molecule has 0 spiro atoms. The Morgan fingerprint density at radius 3 is 2.83 bits per heavy atom. The molecule has 0 fully saturated rings. The molecule has 0 aliphatic carbocycles.